The molecule has 5 heteroatoms. The van der Waals surface area contributed by atoms with Crippen molar-refractivity contribution in [1.29, 1.82) is 0 Å². The van der Waals surface area contributed by atoms with Crippen molar-refractivity contribution in [3.63, 3.8) is 0 Å². The first kappa shape index (κ1) is 24.8. The van der Waals surface area contributed by atoms with Gasteiger partial charge in [-0.05, 0) is 0 Å². The Balaban J connectivity index is 0.00000264. The number of allylic oxidation sites excluding steroid dienone is 7. The number of rotatable bonds is 4. The third-order valence-electron chi connectivity index (χ3n) is 4.15. The molecule has 133 valence electrons. The van der Waals surface area contributed by atoms with E-state index in [1.54, 1.807) is 15.0 Å². The van der Waals surface area contributed by atoms with Crippen LogP contribution < -0.4 is 24.8 Å². The zero-order valence-electron chi connectivity index (χ0n) is 15.7. The maximum atomic E-state index is 2.49. The summed E-state index contributed by atoms with van der Waals surface area (Å²) in [5, 5.41) is 0. The molecule has 0 aliphatic heterocycles. The molecule has 1 unspecified atom stereocenters. The van der Waals surface area contributed by atoms with Crippen molar-refractivity contribution in [2.75, 3.05) is 0 Å². The molecule has 0 radical (unpaired) electrons. The minimum absolute atomic E-state index is 0. The number of halogens is 2. The van der Waals surface area contributed by atoms with E-state index in [1.807, 2.05) is 0 Å². The molecule has 0 bridgehead atoms. The Kier molecular flexibility index (Phi) is 9.46. The Hall–Kier alpha value is 0.821. The van der Waals surface area contributed by atoms with Gasteiger partial charge in [-0.25, -0.2) is 0 Å². The molecule has 0 nitrogen and oxygen atoms in total. The molecule has 24 heavy (non-hydrogen) atoms. The monoisotopic (exact) mass is 435 g/mol. The molecule has 0 saturated heterocycles. The minimum Gasteiger partial charge on any atom is -1.00 e. The molecule has 1 atom stereocenters. The van der Waals surface area contributed by atoms with Gasteiger partial charge >= 0.3 is 154 Å². The summed E-state index contributed by atoms with van der Waals surface area (Å²) in [6.45, 7) is 14.6. The first-order valence-corrected chi connectivity index (χ1v) is 14.0. The quantitative estimate of drug-likeness (QED) is 0.575. The molecule has 0 saturated carbocycles. The summed E-state index contributed by atoms with van der Waals surface area (Å²) in [7, 11) is -1.24. The summed E-state index contributed by atoms with van der Waals surface area (Å²) in [6, 6.07) is 0. The van der Waals surface area contributed by atoms with Gasteiger partial charge in [0.1, 0.15) is 0 Å². The normalized spacial score (nSPS) is 23.8. The van der Waals surface area contributed by atoms with Gasteiger partial charge < -0.3 is 24.8 Å². The van der Waals surface area contributed by atoms with Crippen molar-refractivity contribution < 1.29 is 45.2 Å². The summed E-state index contributed by atoms with van der Waals surface area (Å²) >= 11 is 4.61. The van der Waals surface area contributed by atoms with Crippen LogP contribution in [0.5, 0.6) is 0 Å². The van der Waals surface area contributed by atoms with Gasteiger partial charge in [0.15, 0.2) is 0 Å². The van der Waals surface area contributed by atoms with Crippen LogP contribution in [0.2, 0.25) is 19.6 Å². The van der Waals surface area contributed by atoms with E-state index in [0.717, 1.165) is 6.42 Å². The van der Waals surface area contributed by atoms with Crippen LogP contribution in [0.1, 0.15) is 40.0 Å². The van der Waals surface area contributed by atoms with Gasteiger partial charge in [0.25, 0.3) is 0 Å². The molecule has 0 aromatic heterocycles. The van der Waals surface area contributed by atoms with Crippen LogP contribution in [0.4, 0.5) is 0 Å². The van der Waals surface area contributed by atoms with Crippen molar-refractivity contribution in [2.24, 2.45) is 5.41 Å². The molecule has 2 aliphatic carbocycles. The number of hydrogen-bond acceptors (Lipinski definition) is 1. The smallest absolute Gasteiger partial charge is 1.00 e. The summed E-state index contributed by atoms with van der Waals surface area (Å²) in [5.74, 6) is 0. The third kappa shape index (κ3) is 6.21. The van der Waals surface area contributed by atoms with Gasteiger partial charge in [0, 0.05) is 0 Å². The second-order valence-electron chi connectivity index (χ2n) is 8.46. The zero-order valence-corrected chi connectivity index (χ0v) is 20.6. The Bertz CT molecular complexity index is 565. The van der Waals surface area contributed by atoms with E-state index in [1.165, 1.54) is 12.8 Å². The number of hydrogen-bond donors (Lipinski definition) is 0. The SMILES string of the molecule is CC(C)(C)C1=CC=CCC1(CC1=[C]([Ti+2])CC=C1)S[Si](C)(C)C.[Cl-].[Cl-]. The van der Waals surface area contributed by atoms with Gasteiger partial charge in [-0.1, -0.05) is 0 Å². The van der Waals surface area contributed by atoms with Crippen LogP contribution in [0, 0.1) is 5.41 Å². The fourth-order valence-electron chi connectivity index (χ4n) is 3.53. The fourth-order valence-corrected chi connectivity index (χ4v) is 10.4. The maximum Gasteiger partial charge on any atom is -1.00 e. The third-order valence-corrected chi connectivity index (χ3v) is 9.52. The first-order chi connectivity index (χ1) is 10.0. The molecule has 0 fully saturated rings. The van der Waals surface area contributed by atoms with Crippen molar-refractivity contribution >= 4 is 18.4 Å². The molecule has 0 aromatic carbocycles. The maximum absolute atomic E-state index is 2.49. The molecular weight excluding hydrogens is 407 g/mol. The molecule has 0 heterocycles. The van der Waals surface area contributed by atoms with Crippen molar-refractivity contribution in [3.05, 3.63) is 45.4 Å². The van der Waals surface area contributed by atoms with Crippen LogP contribution >= 0.6 is 11.2 Å². The standard InChI is InChI=1S/C19H29SSi.2ClH.Ti/c1-18(2,3)17-13-9-10-14-19(17,20-21(4,5)6)15-16-11-7-8-12-16;;;/h7,9-11,13H,8,14-15H2,1-6H3;2*1H;/q;;;+2/p-2. The van der Waals surface area contributed by atoms with Crippen LogP contribution in [0.15, 0.2) is 45.4 Å². The Morgan fingerprint density at radius 3 is 2.25 bits per heavy atom. The Morgan fingerprint density at radius 2 is 1.79 bits per heavy atom. The van der Waals surface area contributed by atoms with E-state index in [4.69, 9.17) is 0 Å². The average Bonchev–Trinajstić information content (AvgIpc) is 2.71. The topological polar surface area (TPSA) is 0 Å². The molecule has 0 spiro atoms. The van der Waals surface area contributed by atoms with Gasteiger partial charge in [0.05, 0.1) is 0 Å². The second kappa shape index (κ2) is 9.15. The van der Waals surface area contributed by atoms with E-state index in [9.17, 15) is 0 Å². The molecule has 2 aliphatic rings. The van der Waals surface area contributed by atoms with E-state index in [0.29, 0.717) is 0 Å². The zero-order chi connectivity index (χ0) is 16.6. The van der Waals surface area contributed by atoms with Crippen molar-refractivity contribution in [2.45, 2.75) is 64.4 Å². The Labute approximate surface area is 178 Å². The largest absolute Gasteiger partial charge is 1.00 e. The summed E-state index contributed by atoms with van der Waals surface area (Å²) in [4.78, 5) is 0. The summed E-state index contributed by atoms with van der Waals surface area (Å²) < 4.78 is 1.82. The van der Waals surface area contributed by atoms with Crippen LogP contribution in [-0.4, -0.2) is 12.0 Å². The fraction of sp³-hybridized carbons (Fsp3) is 0.579. The second-order valence-corrected chi connectivity index (χ2v) is 18.9. The van der Waals surface area contributed by atoms with E-state index in [2.05, 4.69) is 102 Å². The Morgan fingerprint density at radius 1 is 1.17 bits per heavy atom. The van der Waals surface area contributed by atoms with Crippen LogP contribution in [-0.2, 0) is 20.4 Å². The van der Waals surface area contributed by atoms with Crippen LogP contribution in [0.25, 0.3) is 0 Å². The molecule has 0 N–H and O–H groups in total. The summed E-state index contributed by atoms with van der Waals surface area (Å²) in [6.07, 6.45) is 15.3. The van der Waals surface area contributed by atoms with E-state index >= 15 is 0 Å². The van der Waals surface area contributed by atoms with Gasteiger partial charge in [-0.15, -0.1) is 0 Å². The predicted octanol–water partition coefficient (Wildman–Crippen LogP) is 0.385. The summed E-state index contributed by atoms with van der Waals surface area (Å²) in [5.41, 5.74) is 3.44. The minimum atomic E-state index is -1.24. The average molecular weight is 436 g/mol. The van der Waals surface area contributed by atoms with E-state index in [-0.39, 0.29) is 35.0 Å². The molecular formula is C19H29Cl2SSiTi. The van der Waals surface area contributed by atoms with Crippen LogP contribution in [0.3, 0.4) is 0 Å². The predicted molar refractivity (Wildman–Crippen MR) is 100 cm³/mol. The molecule has 0 aromatic rings. The van der Waals surface area contributed by atoms with Gasteiger partial charge in [-0.2, -0.15) is 0 Å². The first-order valence-electron chi connectivity index (χ1n) is 8.22. The van der Waals surface area contributed by atoms with Gasteiger partial charge in [0.2, 0.25) is 0 Å². The van der Waals surface area contributed by atoms with E-state index < -0.39 is 7.22 Å². The molecule has 0 amide bonds. The van der Waals surface area contributed by atoms with Gasteiger partial charge in [-0.3, -0.25) is 0 Å². The molecule has 2 rings (SSSR count). The van der Waals surface area contributed by atoms with Crippen molar-refractivity contribution in [3.8, 4) is 0 Å². The van der Waals surface area contributed by atoms with Crippen molar-refractivity contribution in [1.82, 2.24) is 0 Å².